The van der Waals surface area contributed by atoms with Gasteiger partial charge in [0.1, 0.15) is 12.4 Å². The summed E-state index contributed by atoms with van der Waals surface area (Å²) in [6.07, 6.45) is 2.37. The van der Waals surface area contributed by atoms with E-state index < -0.39 is 11.9 Å². The van der Waals surface area contributed by atoms with Gasteiger partial charge in [-0.25, -0.2) is 9.59 Å². The molecule has 6 nitrogen and oxygen atoms in total. The van der Waals surface area contributed by atoms with Gasteiger partial charge in [-0.1, -0.05) is 19.1 Å². The molecule has 1 rings (SSSR count). The van der Waals surface area contributed by atoms with Gasteiger partial charge in [0.05, 0.1) is 14.2 Å². The predicted molar refractivity (Wildman–Crippen MR) is 90.6 cm³/mol. The van der Waals surface area contributed by atoms with Gasteiger partial charge in [-0.2, -0.15) is 0 Å². The number of benzene rings is 1. The van der Waals surface area contributed by atoms with Crippen LogP contribution >= 0.6 is 0 Å². The molecule has 0 aliphatic heterocycles. The number of hydrogen-bond acceptors (Lipinski definition) is 6. The molecule has 0 radical (unpaired) electrons. The van der Waals surface area contributed by atoms with Gasteiger partial charge in [-0.05, 0) is 36.5 Å². The second-order valence-corrected chi connectivity index (χ2v) is 5.48. The van der Waals surface area contributed by atoms with Crippen LogP contribution in [0.3, 0.4) is 0 Å². The van der Waals surface area contributed by atoms with Crippen molar-refractivity contribution in [3.63, 3.8) is 0 Å². The molecule has 1 aromatic carbocycles. The van der Waals surface area contributed by atoms with E-state index in [1.165, 1.54) is 20.3 Å². The quantitative estimate of drug-likeness (QED) is 0.547. The lowest BCUT2D eigenvalue weighted by Crippen LogP contribution is -2.12. The van der Waals surface area contributed by atoms with Crippen molar-refractivity contribution in [2.75, 3.05) is 27.4 Å². The van der Waals surface area contributed by atoms with Crippen molar-refractivity contribution in [2.45, 2.75) is 19.8 Å². The molecule has 1 aromatic rings. The fourth-order valence-electron chi connectivity index (χ4n) is 2.28. The van der Waals surface area contributed by atoms with E-state index in [1.54, 1.807) is 0 Å². The maximum Gasteiger partial charge on any atom is 0.333 e. The van der Waals surface area contributed by atoms with Crippen molar-refractivity contribution in [3.8, 4) is 5.75 Å². The number of methoxy groups -OCH3 is 2. The summed E-state index contributed by atoms with van der Waals surface area (Å²) in [7, 11) is 2.56. The summed E-state index contributed by atoms with van der Waals surface area (Å²) >= 11 is 0. The third-order valence-corrected chi connectivity index (χ3v) is 3.40. The highest BCUT2D eigenvalue weighted by atomic mass is 16.5. The molecule has 24 heavy (non-hydrogen) atoms. The molecule has 2 N–H and O–H groups in total. The fourth-order valence-corrected chi connectivity index (χ4v) is 2.28. The summed E-state index contributed by atoms with van der Waals surface area (Å²) in [5.41, 5.74) is 6.82. The predicted octanol–water partition coefficient (Wildman–Crippen LogP) is 1.87. The van der Waals surface area contributed by atoms with E-state index in [0.717, 1.165) is 17.7 Å². The molecule has 0 bridgehead atoms. The molecule has 0 fully saturated rings. The molecule has 0 aromatic heterocycles. The first-order valence-electron chi connectivity index (χ1n) is 7.78. The first-order chi connectivity index (χ1) is 11.5. The van der Waals surface area contributed by atoms with E-state index >= 15 is 0 Å². The highest BCUT2D eigenvalue weighted by Gasteiger charge is 2.16. The Morgan fingerprint density at radius 3 is 2.38 bits per heavy atom. The number of rotatable bonds is 9. The van der Waals surface area contributed by atoms with Crippen molar-refractivity contribution in [3.05, 3.63) is 41.5 Å². The highest BCUT2D eigenvalue weighted by molar-refractivity contribution is 5.96. The van der Waals surface area contributed by atoms with E-state index in [0.29, 0.717) is 25.1 Å². The molecule has 0 heterocycles. The Labute approximate surface area is 142 Å². The van der Waals surface area contributed by atoms with Gasteiger partial charge in [0.25, 0.3) is 0 Å². The summed E-state index contributed by atoms with van der Waals surface area (Å²) in [5, 5.41) is 0. The van der Waals surface area contributed by atoms with Crippen LogP contribution < -0.4 is 10.5 Å². The average Bonchev–Trinajstić information content (AvgIpc) is 2.59. The van der Waals surface area contributed by atoms with Crippen LogP contribution in [0.5, 0.6) is 5.75 Å². The number of ether oxygens (including phenoxy) is 3. The summed E-state index contributed by atoms with van der Waals surface area (Å²) in [6, 6.07) is 7.74. The van der Waals surface area contributed by atoms with E-state index in [1.807, 2.05) is 31.2 Å². The lowest BCUT2D eigenvalue weighted by molar-refractivity contribution is -0.138. The van der Waals surface area contributed by atoms with Crippen molar-refractivity contribution in [2.24, 2.45) is 11.7 Å². The van der Waals surface area contributed by atoms with Crippen molar-refractivity contribution < 1.29 is 23.8 Å². The minimum Gasteiger partial charge on any atom is -0.492 e. The first kappa shape index (κ1) is 19.7. The molecule has 0 aliphatic carbocycles. The lowest BCUT2D eigenvalue weighted by atomic mass is 9.94. The summed E-state index contributed by atoms with van der Waals surface area (Å²) in [4.78, 5) is 23.1. The number of carbonyl (C=O) groups is 2. The standard InChI is InChI=1S/C18H25NO5/c1-13(11-15(18(21)23-3)12-17(20)22-2)10-14-4-6-16(7-5-14)24-9-8-19/h4-7,12-13H,8-11,19H2,1-3H3/b15-12-. The second-order valence-electron chi connectivity index (χ2n) is 5.48. The Balaban J connectivity index is 2.68. The van der Waals surface area contributed by atoms with Crippen LogP contribution in [0.2, 0.25) is 0 Å². The number of nitrogens with two attached hydrogens (primary N) is 1. The monoisotopic (exact) mass is 335 g/mol. The van der Waals surface area contributed by atoms with E-state index in [4.69, 9.17) is 15.2 Å². The average molecular weight is 335 g/mol. The van der Waals surface area contributed by atoms with Gasteiger partial charge in [0, 0.05) is 18.2 Å². The van der Waals surface area contributed by atoms with Gasteiger partial charge >= 0.3 is 11.9 Å². The van der Waals surface area contributed by atoms with Gasteiger partial charge in [0.2, 0.25) is 0 Å². The number of hydrogen-bond donors (Lipinski definition) is 1. The van der Waals surface area contributed by atoms with Crippen LogP contribution in [0.1, 0.15) is 18.9 Å². The minimum absolute atomic E-state index is 0.149. The van der Waals surface area contributed by atoms with Crippen LogP contribution in [0.4, 0.5) is 0 Å². The zero-order valence-corrected chi connectivity index (χ0v) is 14.4. The maximum absolute atomic E-state index is 11.8. The molecule has 1 unspecified atom stereocenters. The van der Waals surface area contributed by atoms with Crippen LogP contribution in [0.15, 0.2) is 35.9 Å². The van der Waals surface area contributed by atoms with Crippen LogP contribution in [-0.2, 0) is 25.5 Å². The molecule has 0 aliphatic rings. The number of carbonyl (C=O) groups excluding carboxylic acids is 2. The van der Waals surface area contributed by atoms with Crippen LogP contribution in [-0.4, -0.2) is 39.3 Å². The largest absolute Gasteiger partial charge is 0.492 e. The maximum atomic E-state index is 11.8. The Bertz CT molecular complexity index is 565. The van der Waals surface area contributed by atoms with E-state index in [-0.39, 0.29) is 5.92 Å². The smallest absolute Gasteiger partial charge is 0.333 e. The zero-order valence-electron chi connectivity index (χ0n) is 14.4. The molecule has 132 valence electrons. The van der Waals surface area contributed by atoms with E-state index in [2.05, 4.69) is 4.74 Å². The first-order valence-corrected chi connectivity index (χ1v) is 7.78. The highest BCUT2D eigenvalue weighted by Crippen LogP contribution is 2.20. The molecule has 1 atom stereocenters. The zero-order chi connectivity index (χ0) is 17.9. The third-order valence-electron chi connectivity index (χ3n) is 3.40. The Hall–Kier alpha value is -2.34. The molecule has 0 spiro atoms. The SMILES string of the molecule is COC(=O)/C=C(/CC(C)Cc1ccc(OCCN)cc1)C(=O)OC. The minimum atomic E-state index is -0.566. The van der Waals surface area contributed by atoms with Crippen molar-refractivity contribution >= 4 is 11.9 Å². The van der Waals surface area contributed by atoms with Gasteiger partial charge < -0.3 is 19.9 Å². The van der Waals surface area contributed by atoms with Crippen LogP contribution in [0.25, 0.3) is 0 Å². The van der Waals surface area contributed by atoms with Gasteiger partial charge in [0.15, 0.2) is 0 Å². The summed E-state index contributed by atoms with van der Waals surface area (Å²) in [5.74, 6) is -0.157. The summed E-state index contributed by atoms with van der Waals surface area (Å²) < 4.78 is 14.7. The molecular weight excluding hydrogens is 310 g/mol. The van der Waals surface area contributed by atoms with Gasteiger partial charge in [-0.15, -0.1) is 0 Å². The van der Waals surface area contributed by atoms with Gasteiger partial charge in [-0.3, -0.25) is 0 Å². The topological polar surface area (TPSA) is 87.9 Å². The second kappa shape index (κ2) is 10.4. The molecular formula is C18H25NO5. The normalized spacial score (nSPS) is 12.4. The third kappa shape index (κ3) is 6.83. The van der Waals surface area contributed by atoms with Crippen molar-refractivity contribution in [1.29, 1.82) is 0 Å². The Kier molecular flexibility index (Phi) is 8.57. The molecule has 0 saturated heterocycles. The van der Waals surface area contributed by atoms with Crippen LogP contribution in [0, 0.1) is 5.92 Å². The number of esters is 2. The van der Waals surface area contributed by atoms with Crippen molar-refractivity contribution in [1.82, 2.24) is 0 Å². The molecule has 0 saturated carbocycles. The fraction of sp³-hybridized carbons (Fsp3) is 0.444. The van der Waals surface area contributed by atoms with E-state index in [9.17, 15) is 9.59 Å². The Morgan fingerprint density at radius 1 is 1.17 bits per heavy atom. The Morgan fingerprint density at radius 2 is 1.83 bits per heavy atom. The molecule has 0 amide bonds. The molecule has 6 heteroatoms. The summed E-state index contributed by atoms with van der Waals surface area (Å²) in [6.45, 7) is 2.96. The lowest BCUT2D eigenvalue weighted by Gasteiger charge is -2.13.